The van der Waals surface area contributed by atoms with E-state index in [0.717, 1.165) is 4.90 Å². The largest absolute Gasteiger partial charge is 0.480 e. The Morgan fingerprint density at radius 1 is 0.738 bits per heavy atom. The number of hydrogen-bond acceptors (Lipinski definition) is 19. The molecule has 432 valence electrons. The van der Waals surface area contributed by atoms with Gasteiger partial charge in [0.1, 0.15) is 23.5 Å². The lowest BCUT2D eigenvalue weighted by Gasteiger charge is -2.24. The molecule has 2 fully saturated rings. The Morgan fingerprint density at radius 3 is 1.90 bits per heavy atom. The lowest BCUT2D eigenvalue weighted by Crippen LogP contribution is -2.48. The Balaban J connectivity index is 0.918. The van der Waals surface area contributed by atoms with Gasteiger partial charge in [0.2, 0.25) is 17.7 Å². The summed E-state index contributed by atoms with van der Waals surface area (Å²) in [4.78, 5) is 97.9. The van der Waals surface area contributed by atoms with E-state index < -0.39 is 60.6 Å². The lowest BCUT2D eigenvalue weighted by molar-refractivity contribution is -0.140. The van der Waals surface area contributed by atoms with E-state index in [1.807, 2.05) is 11.0 Å². The van der Waals surface area contributed by atoms with Crippen molar-refractivity contribution in [1.29, 1.82) is 5.26 Å². The van der Waals surface area contributed by atoms with Gasteiger partial charge < -0.3 is 50.6 Å². The smallest absolute Gasteiger partial charge is 0.317 e. The number of halogens is 2. The van der Waals surface area contributed by atoms with Crippen molar-refractivity contribution in [3.05, 3.63) is 65.7 Å². The van der Waals surface area contributed by atoms with Gasteiger partial charge in [-0.05, 0) is 37.3 Å². The molecule has 5 amide bonds. The van der Waals surface area contributed by atoms with Crippen LogP contribution in [0.2, 0.25) is 0 Å². The zero-order chi connectivity index (χ0) is 57.6. The van der Waals surface area contributed by atoms with E-state index >= 15 is 0 Å². The number of nitrogens with zero attached hydrogens (tertiary/aromatic N) is 12. The number of methoxy groups -OCH3 is 1. The molecule has 0 saturated carbocycles. The molecule has 3 aromatic heterocycles. The van der Waals surface area contributed by atoms with Crippen molar-refractivity contribution in [1.82, 2.24) is 75.8 Å². The Morgan fingerprint density at radius 2 is 1.31 bits per heavy atom. The van der Waals surface area contributed by atoms with E-state index in [1.54, 1.807) is 56.9 Å². The number of carboxylic acids is 2. The minimum absolute atomic E-state index is 0.0113. The van der Waals surface area contributed by atoms with Gasteiger partial charge in [-0.3, -0.25) is 53.2 Å². The van der Waals surface area contributed by atoms with Crippen LogP contribution < -0.4 is 21.3 Å². The fraction of sp³-hybridized carbons (Fsp3) is 0.540. The van der Waals surface area contributed by atoms with Gasteiger partial charge >= 0.3 is 11.9 Å². The van der Waals surface area contributed by atoms with Crippen molar-refractivity contribution in [2.45, 2.75) is 57.4 Å². The summed E-state index contributed by atoms with van der Waals surface area (Å²) in [5.74, 6) is -7.77. The summed E-state index contributed by atoms with van der Waals surface area (Å²) in [7, 11) is 1.58. The number of pyridine rings is 1. The number of nitriles is 1. The zero-order valence-corrected chi connectivity index (χ0v) is 44.4. The molecule has 4 aromatic rings. The van der Waals surface area contributed by atoms with Gasteiger partial charge in [0.25, 0.3) is 17.7 Å². The summed E-state index contributed by atoms with van der Waals surface area (Å²) in [6.07, 6.45) is 4.03. The van der Waals surface area contributed by atoms with Crippen LogP contribution in [0.5, 0.6) is 0 Å². The monoisotopic (exact) mass is 1120 g/mol. The molecule has 28 nitrogen and oxygen atoms in total. The molecule has 0 unspecified atom stereocenters. The van der Waals surface area contributed by atoms with Gasteiger partial charge in [-0.25, -0.2) is 18.1 Å². The maximum absolute atomic E-state index is 13.9. The van der Waals surface area contributed by atoms with Crippen LogP contribution in [-0.4, -0.2) is 243 Å². The topological polar surface area (TPSA) is 347 Å². The summed E-state index contributed by atoms with van der Waals surface area (Å²) in [6.45, 7) is 4.41. The number of nitrogens with one attached hydrogen (secondary N) is 4. The van der Waals surface area contributed by atoms with Gasteiger partial charge in [-0.1, -0.05) is 10.4 Å². The van der Waals surface area contributed by atoms with Crippen LogP contribution in [0.4, 0.5) is 8.78 Å². The van der Waals surface area contributed by atoms with Gasteiger partial charge in [0, 0.05) is 101 Å². The number of aromatic nitrogens is 7. The summed E-state index contributed by atoms with van der Waals surface area (Å²) in [6, 6.07) is 7.17. The normalized spacial score (nSPS) is 16.4. The molecule has 1 aromatic carbocycles. The second kappa shape index (κ2) is 30.4. The maximum Gasteiger partial charge on any atom is 0.317 e. The molecular formula is C50H66F2N16O12. The van der Waals surface area contributed by atoms with E-state index in [2.05, 4.69) is 46.9 Å². The van der Waals surface area contributed by atoms with Crippen molar-refractivity contribution >= 4 is 41.5 Å². The Kier molecular flexibility index (Phi) is 23.3. The number of hydrogen-bond donors (Lipinski definition) is 6. The first-order chi connectivity index (χ1) is 38.4. The molecule has 2 saturated heterocycles. The molecule has 0 aliphatic carbocycles. The number of benzene rings is 1. The van der Waals surface area contributed by atoms with Crippen LogP contribution in [0.15, 0.2) is 48.9 Å². The molecule has 0 radical (unpaired) electrons. The minimum atomic E-state index is -3.19. The first-order valence-corrected chi connectivity index (χ1v) is 25.7. The third-order valence-electron chi connectivity index (χ3n) is 12.7. The Bertz CT molecular complexity index is 2780. The third-order valence-corrected chi connectivity index (χ3v) is 12.7. The number of carbonyl (C=O) groups is 7. The number of aliphatic carboxylic acids is 2. The molecule has 6 rings (SSSR count). The molecule has 2 aliphatic heterocycles. The van der Waals surface area contributed by atoms with Gasteiger partial charge in [0.15, 0.2) is 0 Å². The molecule has 0 bridgehead atoms. The predicted molar refractivity (Wildman–Crippen MR) is 276 cm³/mol. The fourth-order valence-electron chi connectivity index (χ4n) is 8.49. The lowest BCUT2D eigenvalue weighted by atomic mass is 10.0. The van der Waals surface area contributed by atoms with E-state index in [9.17, 15) is 57.8 Å². The SMILES string of the molecule is COCCn1cc(-c2cc(C(=O)NCCNC(=O)CN3CCN(CC(=O)O)CCN(CC(=O)O)CC3)cc(-c3cn(CCOCCOCCC(=O)NCc4cc(C(=O)N[C@@H](C)C(=O)N5CC(F)(F)C[C@@H]5C#N)ccn4)nn3)c2)nn1. The molecule has 2 aliphatic rings. The molecule has 2 atom stereocenters. The van der Waals surface area contributed by atoms with E-state index in [0.29, 0.717) is 87.2 Å². The summed E-state index contributed by atoms with van der Waals surface area (Å²) in [5.41, 5.74) is 2.84. The number of carboxylic acid groups (broad SMARTS) is 2. The Labute approximate surface area is 458 Å². The number of rotatable bonds is 29. The van der Waals surface area contributed by atoms with Crippen LogP contribution in [0.3, 0.4) is 0 Å². The van der Waals surface area contributed by atoms with E-state index in [4.69, 9.17) is 14.2 Å². The van der Waals surface area contributed by atoms with Crippen molar-refractivity contribution in [3.8, 4) is 28.6 Å². The minimum Gasteiger partial charge on any atom is -0.480 e. The van der Waals surface area contributed by atoms with Crippen molar-refractivity contribution in [2.75, 3.05) is 119 Å². The third kappa shape index (κ3) is 19.7. The first kappa shape index (κ1) is 61.3. The number of likely N-dealkylation sites (tertiary alicyclic amines) is 1. The first-order valence-electron chi connectivity index (χ1n) is 25.7. The zero-order valence-electron chi connectivity index (χ0n) is 44.4. The van der Waals surface area contributed by atoms with Crippen molar-refractivity contribution < 1.29 is 66.8 Å². The second-order valence-corrected chi connectivity index (χ2v) is 18.9. The predicted octanol–water partition coefficient (Wildman–Crippen LogP) is -1.20. The number of amides is 5. The van der Waals surface area contributed by atoms with Crippen molar-refractivity contribution in [3.63, 3.8) is 0 Å². The fourth-order valence-corrected chi connectivity index (χ4v) is 8.49. The summed E-state index contributed by atoms with van der Waals surface area (Å²) in [5, 5.41) is 55.8. The highest BCUT2D eigenvalue weighted by Crippen LogP contribution is 2.32. The average molecular weight is 1120 g/mol. The standard InChI is InChI=1S/C50H66F2N16O12/c1-34(49(77)68-33-50(51,52)25-40(68)26-53)58-48(76)35-3-5-54-39(24-35)27-57-43(69)4-16-79-19-20-80-18-15-67-29-42(60-62-67)37-21-36(41-28-66(61-59-41)14-17-78-2)22-38(23-37)47(75)56-7-6-55-44(70)30-63-8-10-64(31-45(71)72)12-13-65(11-9-63)32-46(73)74/h3,5,21-24,28-29,34,40H,4,6-20,25,27,30-33H2,1-2H3,(H,55,70)(H,56,75)(H,57,69)(H,58,76)(H,71,72)(H,73,74)/t34-,40+/m0/s1. The molecule has 30 heteroatoms. The van der Waals surface area contributed by atoms with Gasteiger partial charge in [0.05, 0.1) is 103 Å². The highest BCUT2D eigenvalue weighted by Gasteiger charge is 2.48. The van der Waals surface area contributed by atoms with E-state index in [1.165, 1.54) is 25.3 Å². The van der Waals surface area contributed by atoms with Gasteiger partial charge in [-0.2, -0.15) is 5.26 Å². The number of ether oxygens (including phenoxy) is 3. The van der Waals surface area contributed by atoms with E-state index in [-0.39, 0.29) is 95.1 Å². The quantitative estimate of drug-likeness (QED) is 0.0348. The van der Waals surface area contributed by atoms with Crippen LogP contribution in [0.1, 0.15) is 46.2 Å². The molecule has 80 heavy (non-hydrogen) atoms. The molecule has 5 heterocycles. The number of alkyl halides is 2. The molecule has 0 spiro atoms. The van der Waals surface area contributed by atoms with Crippen LogP contribution in [0, 0.1) is 11.3 Å². The Hall–Kier alpha value is -7.95. The molecular weight excluding hydrogens is 1050 g/mol. The second-order valence-electron chi connectivity index (χ2n) is 18.9. The highest BCUT2D eigenvalue weighted by atomic mass is 19.3. The van der Waals surface area contributed by atoms with Gasteiger partial charge in [-0.15, -0.1) is 10.2 Å². The molecule has 6 N–H and O–H groups in total. The summed E-state index contributed by atoms with van der Waals surface area (Å²) >= 11 is 0. The van der Waals surface area contributed by atoms with Crippen LogP contribution in [0.25, 0.3) is 22.5 Å². The van der Waals surface area contributed by atoms with Crippen molar-refractivity contribution in [2.24, 2.45) is 0 Å². The van der Waals surface area contributed by atoms with Crippen LogP contribution >= 0.6 is 0 Å². The summed E-state index contributed by atoms with van der Waals surface area (Å²) < 4.78 is 47.4. The number of carbonyl (C=O) groups excluding carboxylic acids is 5. The highest BCUT2D eigenvalue weighted by molar-refractivity contribution is 5.98. The van der Waals surface area contributed by atoms with Crippen LogP contribution in [-0.2, 0) is 57.8 Å². The average Bonchev–Trinajstić information content (AvgIpc) is 4.20. The maximum atomic E-state index is 13.9.